The van der Waals surface area contributed by atoms with E-state index in [0.29, 0.717) is 41.7 Å². The first-order valence-corrected chi connectivity index (χ1v) is 11.9. The fourth-order valence-corrected chi connectivity index (χ4v) is 4.15. The third kappa shape index (κ3) is 7.59. The molecular weight excluding hydrogens is 533 g/mol. The Morgan fingerprint density at radius 1 is 1.26 bits per heavy atom. The first-order chi connectivity index (χ1) is 18.0. The molecule has 4 rings (SSSR count). The molecule has 3 heterocycles. The number of amides is 2. The summed E-state index contributed by atoms with van der Waals surface area (Å²) in [5, 5.41) is 29.2. The minimum absolute atomic E-state index is 0.00334. The number of anilines is 1. The average molecular weight is 557 g/mol. The molecule has 204 valence electrons. The molecule has 0 spiro atoms. The summed E-state index contributed by atoms with van der Waals surface area (Å²) in [6, 6.07) is 8.18. The van der Waals surface area contributed by atoms with Crippen molar-refractivity contribution in [2.75, 3.05) is 18.5 Å². The van der Waals surface area contributed by atoms with Crippen LogP contribution in [-0.4, -0.2) is 75.4 Å². The monoisotopic (exact) mass is 556 g/mol. The number of likely N-dealkylation sites (tertiary alicyclic amines) is 1. The molecular formula is C23H24ClF3N6O5. The fraction of sp³-hybridized carbons (Fsp3) is 0.435. The number of aromatic nitrogens is 2. The number of halogens is 4. The van der Waals surface area contributed by atoms with E-state index in [1.165, 1.54) is 6.20 Å². The number of alkyl halides is 3. The number of nitriles is 1. The van der Waals surface area contributed by atoms with E-state index in [0.717, 1.165) is 19.3 Å². The molecule has 0 saturated carbocycles. The molecule has 0 bridgehead atoms. The standard InChI is InChI=1S/C21H23ClN6O3.C2HF3O2/c22-16-5-3-13(26-20(29)17-7-8-24-27-17)10-19(16)31-12-14-4-6-18(25-14)21(30)28-9-1-2-15(28)11-23;3-2(4,5)1(6)7/h3,5,7-8,10,14-15,18,25H,1-2,4,6,9,12H2,(H,24,27)(H,26,29);(H,6,7)/t14-,15+,18+;/m1./s1. The highest BCUT2D eigenvalue weighted by molar-refractivity contribution is 6.32. The number of hydrogen-bond acceptors (Lipinski definition) is 7. The van der Waals surface area contributed by atoms with Crippen LogP contribution in [0.25, 0.3) is 0 Å². The van der Waals surface area contributed by atoms with Crippen molar-refractivity contribution >= 4 is 35.1 Å². The molecule has 15 heteroatoms. The number of H-pyrrole nitrogens is 1. The Hall–Kier alpha value is -3.83. The molecule has 2 saturated heterocycles. The number of carbonyl (C=O) groups is 3. The SMILES string of the molecule is N#C[C@@H]1CCCN1C(=O)[C@@H]1CC[C@H](COc2cc(NC(=O)c3ccn[nH]3)ccc2Cl)N1.O=C(O)C(F)(F)F. The molecule has 0 unspecified atom stereocenters. The molecule has 4 N–H and O–H groups in total. The highest BCUT2D eigenvalue weighted by atomic mass is 35.5. The second kappa shape index (κ2) is 12.6. The number of nitrogens with zero attached hydrogens (tertiary/aromatic N) is 3. The molecule has 1 aromatic carbocycles. The van der Waals surface area contributed by atoms with Crippen LogP contribution in [0, 0.1) is 11.3 Å². The van der Waals surface area contributed by atoms with Gasteiger partial charge in [-0.25, -0.2) is 4.79 Å². The Kier molecular flexibility index (Phi) is 9.54. The summed E-state index contributed by atoms with van der Waals surface area (Å²) < 4.78 is 37.6. The van der Waals surface area contributed by atoms with Crippen molar-refractivity contribution in [2.45, 2.75) is 50.0 Å². The van der Waals surface area contributed by atoms with Gasteiger partial charge in [-0.05, 0) is 43.9 Å². The lowest BCUT2D eigenvalue weighted by molar-refractivity contribution is -0.192. The number of aliphatic carboxylic acids is 1. The van der Waals surface area contributed by atoms with Crippen LogP contribution >= 0.6 is 11.6 Å². The quantitative estimate of drug-likeness (QED) is 0.422. The van der Waals surface area contributed by atoms with Crippen molar-refractivity contribution in [1.29, 1.82) is 5.26 Å². The van der Waals surface area contributed by atoms with Gasteiger partial charge in [0.2, 0.25) is 5.91 Å². The summed E-state index contributed by atoms with van der Waals surface area (Å²) in [6.07, 6.45) is -0.477. The van der Waals surface area contributed by atoms with Gasteiger partial charge in [0.15, 0.2) is 0 Å². The maximum absolute atomic E-state index is 12.7. The normalized spacial score (nSPS) is 20.7. The minimum Gasteiger partial charge on any atom is -0.490 e. The maximum Gasteiger partial charge on any atom is 0.490 e. The molecule has 0 radical (unpaired) electrons. The van der Waals surface area contributed by atoms with Crippen LogP contribution in [0.1, 0.15) is 36.2 Å². The van der Waals surface area contributed by atoms with E-state index in [1.54, 1.807) is 29.2 Å². The Morgan fingerprint density at radius 3 is 2.63 bits per heavy atom. The zero-order valence-electron chi connectivity index (χ0n) is 19.8. The van der Waals surface area contributed by atoms with Crippen LogP contribution in [0.4, 0.5) is 18.9 Å². The average Bonchev–Trinajstić information content (AvgIpc) is 3.65. The summed E-state index contributed by atoms with van der Waals surface area (Å²) in [5.74, 6) is -2.63. The van der Waals surface area contributed by atoms with Crippen LogP contribution in [-0.2, 0) is 9.59 Å². The van der Waals surface area contributed by atoms with Crippen LogP contribution in [0.2, 0.25) is 5.02 Å². The van der Waals surface area contributed by atoms with Gasteiger partial charge in [0.05, 0.1) is 17.1 Å². The van der Waals surface area contributed by atoms with Gasteiger partial charge in [-0.2, -0.15) is 23.5 Å². The summed E-state index contributed by atoms with van der Waals surface area (Å²) in [4.78, 5) is 35.5. The summed E-state index contributed by atoms with van der Waals surface area (Å²) >= 11 is 6.25. The van der Waals surface area contributed by atoms with Gasteiger partial charge in [-0.3, -0.25) is 20.0 Å². The number of aromatic amines is 1. The number of carbonyl (C=O) groups excluding carboxylic acids is 2. The lowest BCUT2D eigenvalue weighted by Gasteiger charge is -2.24. The number of benzene rings is 1. The fourth-order valence-electron chi connectivity index (χ4n) is 3.97. The third-order valence-electron chi connectivity index (χ3n) is 5.84. The second-order valence-electron chi connectivity index (χ2n) is 8.50. The van der Waals surface area contributed by atoms with Crippen LogP contribution < -0.4 is 15.4 Å². The predicted molar refractivity (Wildman–Crippen MR) is 127 cm³/mol. The third-order valence-corrected chi connectivity index (χ3v) is 6.15. The second-order valence-corrected chi connectivity index (χ2v) is 8.90. The lowest BCUT2D eigenvalue weighted by atomic mass is 10.1. The lowest BCUT2D eigenvalue weighted by Crippen LogP contribution is -2.47. The van der Waals surface area contributed by atoms with E-state index in [1.807, 2.05) is 0 Å². The number of ether oxygens (including phenoxy) is 1. The first-order valence-electron chi connectivity index (χ1n) is 11.5. The highest BCUT2D eigenvalue weighted by Crippen LogP contribution is 2.29. The highest BCUT2D eigenvalue weighted by Gasteiger charge is 2.38. The zero-order chi connectivity index (χ0) is 27.9. The Balaban J connectivity index is 0.000000505. The van der Waals surface area contributed by atoms with Gasteiger partial charge in [0.1, 0.15) is 24.1 Å². The van der Waals surface area contributed by atoms with E-state index in [-0.39, 0.29) is 29.9 Å². The maximum atomic E-state index is 12.7. The smallest absolute Gasteiger partial charge is 0.490 e. The van der Waals surface area contributed by atoms with E-state index in [2.05, 4.69) is 26.9 Å². The molecule has 2 aromatic rings. The van der Waals surface area contributed by atoms with Gasteiger partial charge >= 0.3 is 12.1 Å². The summed E-state index contributed by atoms with van der Waals surface area (Å²) in [5.41, 5.74) is 0.892. The molecule has 1 aromatic heterocycles. The Morgan fingerprint density at radius 2 is 2.00 bits per heavy atom. The molecule has 2 fully saturated rings. The predicted octanol–water partition coefficient (Wildman–Crippen LogP) is 2.96. The van der Waals surface area contributed by atoms with Gasteiger partial charge in [-0.1, -0.05) is 11.6 Å². The molecule has 3 atom stereocenters. The molecule has 11 nitrogen and oxygen atoms in total. The van der Waals surface area contributed by atoms with E-state index < -0.39 is 12.1 Å². The minimum atomic E-state index is -5.08. The number of carboxylic acid groups (broad SMARTS) is 1. The van der Waals surface area contributed by atoms with Crippen molar-refractivity contribution < 1.29 is 37.4 Å². The summed E-state index contributed by atoms with van der Waals surface area (Å²) in [6.45, 7) is 0.978. The molecule has 38 heavy (non-hydrogen) atoms. The van der Waals surface area contributed by atoms with Crippen LogP contribution in [0.5, 0.6) is 5.75 Å². The van der Waals surface area contributed by atoms with Crippen molar-refractivity contribution in [2.24, 2.45) is 0 Å². The van der Waals surface area contributed by atoms with E-state index in [9.17, 15) is 28.0 Å². The van der Waals surface area contributed by atoms with Crippen molar-refractivity contribution in [1.82, 2.24) is 20.4 Å². The van der Waals surface area contributed by atoms with Crippen molar-refractivity contribution in [3.05, 3.63) is 41.2 Å². The number of nitrogens with one attached hydrogen (secondary N) is 3. The van der Waals surface area contributed by atoms with Gasteiger partial charge in [0.25, 0.3) is 5.91 Å². The Labute approximate surface area is 219 Å². The van der Waals surface area contributed by atoms with Gasteiger partial charge in [-0.15, -0.1) is 0 Å². The van der Waals surface area contributed by atoms with Crippen LogP contribution in [0.3, 0.4) is 0 Å². The van der Waals surface area contributed by atoms with Gasteiger partial charge in [0, 0.05) is 30.5 Å². The summed E-state index contributed by atoms with van der Waals surface area (Å²) in [7, 11) is 0. The van der Waals surface area contributed by atoms with E-state index >= 15 is 0 Å². The number of carboxylic acids is 1. The van der Waals surface area contributed by atoms with Crippen molar-refractivity contribution in [3.8, 4) is 11.8 Å². The number of rotatable bonds is 6. The van der Waals surface area contributed by atoms with E-state index in [4.69, 9.17) is 26.2 Å². The molecule has 2 aliphatic rings. The number of hydrogen-bond donors (Lipinski definition) is 4. The van der Waals surface area contributed by atoms with Crippen LogP contribution in [0.15, 0.2) is 30.5 Å². The Bertz CT molecular complexity index is 1190. The largest absolute Gasteiger partial charge is 0.490 e. The topological polar surface area (TPSA) is 160 Å². The molecule has 2 amide bonds. The van der Waals surface area contributed by atoms with Gasteiger partial charge < -0.3 is 20.1 Å². The first kappa shape index (κ1) is 28.7. The molecule has 0 aliphatic carbocycles. The zero-order valence-corrected chi connectivity index (χ0v) is 20.6. The van der Waals surface area contributed by atoms with Crippen molar-refractivity contribution in [3.63, 3.8) is 0 Å². The molecule has 2 aliphatic heterocycles.